The molecule has 1 fully saturated rings. The average Bonchev–Trinajstić information content (AvgIpc) is 3.47. The number of thiazole rings is 1. The van der Waals surface area contributed by atoms with Gasteiger partial charge in [-0.15, -0.1) is 11.3 Å². The molecule has 1 saturated heterocycles. The van der Waals surface area contributed by atoms with Crippen LogP contribution in [0.3, 0.4) is 0 Å². The Bertz CT molecular complexity index is 1600. The molecule has 248 valence electrons. The van der Waals surface area contributed by atoms with Crippen molar-refractivity contribution in [2.45, 2.75) is 97.7 Å². The summed E-state index contributed by atoms with van der Waals surface area (Å²) in [7, 11) is -4.99. The molecule has 0 unspecified atom stereocenters. The highest BCUT2D eigenvalue weighted by Gasteiger charge is 2.54. The molecule has 18 nitrogen and oxygen atoms in total. The molecule has 3 rings (SSSR count). The number of carbonyl (C=O) groups is 4. The number of aryl methyl sites for hydroxylation is 1. The summed E-state index contributed by atoms with van der Waals surface area (Å²) in [6.07, 6.45) is 0.470. The molecule has 20 heteroatoms. The van der Waals surface area contributed by atoms with Crippen LogP contribution in [-0.2, 0) is 45.5 Å². The quantitative estimate of drug-likeness (QED) is 0.107. The van der Waals surface area contributed by atoms with Crippen molar-refractivity contribution < 1.29 is 46.5 Å². The number of anilines is 1. The van der Waals surface area contributed by atoms with Crippen LogP contribution in [0.2, 0.25) is 0 Å². The molecule has 2 aromatic heterocycles. The van der Waals surface area contributed by atoms with E-state index in [1.807, 2.05) is 0 Å². The summed E-state index contributed by atoms with van der Waals surface area (Å²) in [5, 5.41) is 14.1. The topological polar surface area (TPSA) is 234 Å². The Morgan fingerprint density at radius 2 is 1.71 bits per heavy atom. The maximum Gasteiger partial charge on any atom is 0.413 e. The van der Waals surface area contributed by atoms with Gasteiger partial charge < -0.3 is 19.6 Å². The van der Waals surface area contributed by atoms with Crippen molar-refractivity contribution in [1.82, 2.24) is 29.4 Å². The van der Waals surface area contributed by atoms with E-state index in [2.05, 4.69) is 30.9 Å². The van der Waals surface area contributed by atoms with Crippen molar-refractivity contribution in [3.63, 3.8) is 0 Å². The van der Waals surface area contributed by atoms with Crippen molar-refractivity contribution in [3.8, 4) is 0 Å². The Morgan fingerprint density at radius 1 is 1.09 bits per heavy atom. The SMILES string of the molecule is Cc1ncn(C[C@@H]2[C@H](NC(=O)/C(=N/OC(C)(C)C(=O)OC(C)(C)C)c3csc(NC(=O)OC(C)(C)C)n3)C(=O)N2S(=O)(=O)O)n1. The molecule has 0 bridgehead atoms. The van der Waals surface area contributed by atoms with Crippen LogP contribution in [0.5, 0.6) is 0 Å². The van der Waals surface area contributed by atoms with Gasteiger partial charge in [0.25, 0.3) is 11.8 Å². The smallest absolute Gasteiger partial charge is 0.413 e. The zero-order valence-corrected chi connectivity index (χ0v) is 27.8. The number of β-lactam (4-membered cyclic amide) rings is 1. The first-order valence-corrected chi connectivity index (χ1v) is 15.7. The molecule has 0 aromatic carbocycles. The molecule has 3 heterocycles. The molecule has 1 aliphatic heterocycles. The van der Waals surface area contributed by atoms with Gasteiger partial charge in [-0.1, -0.05) is 5.16 Å². The third-order valence-corrected chi connectivity index (χ3v) is 7.26. The molecular weight excluding hydrogens is 636 g/mol. The Balaban J connectivity index is 1.93. The average molecular weight is 673 g/mol. The van der Waals surface area contributed by atoms with Gasteiger partial charge in [0.1, 0.15) is 35.1 Å². The number of nitrogens with zero attached hydrogens (tertiary/aromatic N) is 6. The molecule has 0 saturated carbocycles. The molecule has 3 amide bonds. The van der Waals surface area contributed by atoms with Crippen LogP contribution >= 0.6 is 11.3 Å². The Morgan fingerprint density at radius 3 is 2.24 bits per heavy atom. The number of esters is 1. The molecular formula is C25H36N8O10S2. The van der Waals surface area contributed by atoms with Crippen molar-refractivity contribution >= 4 is 56.4 Å². The number of carbonyl (C=O) groups excluding carboxylic acids is 4. The molecule has 1 aliphatic rings. The number of nitrogens with one attached hydrogen (secondary N) is 2. The fourth-order valence-electron chi connectivity index (χ4n) is 3.65. The van der Waals surface area contributed by atoms with E-state index < -0.39 is 68.8 Å². The van der Waals surface area contributed by atoms with Gasteiger partial charge in [0.15, 0.2) is 10.8 Å². The van der Waals surface area contributed by atoms with Crippen molar-refractivity contribution in [2.24, 2.45) is 5.16 Å². The minimum absolute atomic E-state index is 0.0165. The first-order valence-electron chi connectivity index (χ1n) is 13.4. The second-order valence-corrected chi connectivity index (χ2v) is 14.5. The minimum Gasteiger partial charge on any atom is -0.457 e. The lowest BCUT2D eigenvalue weighted by atomic mass is 9.98. The third-order valence-electron chi connectivity index (χ3n) is 5.55. The van der Waals surface area contributed by atoms with Gasteiger partial charge in [0.2, 0.25) is 5.60 Å². The van der Waals surface area contributed by atoms with Gasteiger partial charge in [-0.25, -0.2) is 23.9 Å². The maximum atomic E-state index is 13.6. The Labute approximate surface area is 263 Å². The molecule has 0 radical (unpaired) electrons. The number of hydrogen-bond acceptors (Lipinski definition) is 14. The summed E-state index contributed by atoms with van der Waals surface area (Å²) in [6, 6.07) is -2.76. The monoisotopic (exact) mass is 672 g/mol. The fourth-order valence-corrected chi connectivity index (χ4v) is 5.20. The first kappa shape index (κ1) is 35.3. The van der Waals surface area contributed by atoms with E-state index in [1.165, 1.54) is 30.2 Å². The molecule has 2 atom stereocenters. The number of ether oxygens (including phenoxy) is 2. The summed E-state index contributed by atoms with van der Waals surface area (Å²) >= 11 is 0.908. The largest absolute Gasteiger partial charge is 0.457 e. The summed E-state index contributed by atoms with van der Waals surface area (Å²) in [6.45, 7) is 14.0. The van der Waals surface area contributed by atoms with Crippen LogP contribution < -0.4 is 10.6 Å². The number of amides is 3. The summed E-state index contributed by atoms with van der Waals surface area (Å²) in [5.41, 5.74) is -4.03. The van der Waals surface area contributed by atoms with Crippen LogP contribution in [0.25, 0.3) is 0 Å². The Kier molecular flexibility index (Phi) is 9.95. The summed E-state index contributed by atoms with van der Waals surface area (Å²) < 4.78 is 45.5. The normalized spacial score (nSPS) is 17.8. The molecule has 3 N–H and O–H groups in total. The number of aromatic nitrogens is 4. The summed E-state index contributed by atoms with van der Waals surface area (Å²) in [5.74, 6) is -2.63. The van der Waals surface area contributed by atoms with Crippen LogP contribution in [0, 0.1) is 6.92 Å². The van der Waals surface area contributed by atoms with E-state index in [0.29, 0.717) is 5.82 Å². The predicted molar refractivity (Wildman–Crippen MR) is 158 cm³/mol. The highest BCUT2D eigenvalue weighted by atomic mass is 32.2. The van der Waals surface area contributed by atoms with E-state index >= 15 is 0 Å². The third kappa shape index (κ3) is 9.41. The predicted octanol–water partition coefficient (Wildman–Crippen LogP) is 1.43. The van der Waals surface area contributed by atoms with Gasteiger partial charge in [-0.3, -0.25) is 24.1 Å². The Hall–Kier alpha value is -4.17. The van der Waals surface area contributed by atoms with Crippen molar-refractivity contribution in [3.05, 3.63) is 23.2 Å². The molecule has 45 heavy (non-hydrogen) atoms. The van der Waals surface area contributed by atoms with Crippen LogP contribution in [0.15, 0.2) is 16.9 Å². The zero-order valence-electron chi connectivity index (χ0n) is 26.1. The second-order valence-electron chi connectivity index (χ2n) is 12.4. The van der Waals surface area contributed by atoms with E-state index in [4.69, 9.17) is 14.3 Å². The van der Waals surface area contributed by atoms with Gasteiger partial charge >= 0.3 is 22.4 Å². The lowest BCUT2D eigenvalue weighted by molar-refractivity contribution is -0.179. The standard InChI is InChI=1S/C25H36N8O10S2/c1-13-26-12-32(30-13)10-15-17(19(35)33(15)45(38,39)40)28-18(34)16(31-43-25(8,9)20(36)41-23(2,3)4)14-11-44-21(27-14)29-22(37)42-24(5,6)7/h11-12,15,17H,10H2,1-9H3,(H,28,34)(H,27,29,37)(H,38,39,40)/b31-16+/t15-,17+/m1/s1. The van der Waals surface area contributed by atoms with Gasteiger partial charge in [-0.2, -0.15) is 13.5 Å². The summed E-state index contributed by atoms with van der Waals surface area (Å²) in [4.78, 5) is 64.9. The number of rotatable bonds is 10. The number of hydrogen-bond donors (Lipinski definition) is 3. The van der Waals surface area contributed by atoms with Crippen LogP contribution in [0.1, 0.15) is 66.9 Å². The van der Waals surface area contributed by atoms with Gasteiger partial charge in [0, 0.05) is 5.38 Å². The lowest BCUT2D eigenvalue weighted by Crippen LogP contribution is -2.73. The van der Waals surface area contributed by atoms with E-state index in [-0.39, 0.29) is 21.7 Å². The van der Waals surface area contributed by atoms with E-state index in [0.717, 1.165) is 11.3 Å². The molecule has 2 aromatic rings. The second kappa shape index (κ2) is 12.7. The minimum atomic E-state index is -4.99. The van der Waals surface area contributed by atoms with E-state index in [1.54, 1.807) is 48.5 Å². The van der Waals surface area contributed by atoms with Gasteiger partial charge in [0.05, 0.1) is 12.6 Å². The lowest BCUT2D eigenvalue weighted by Gasteiger charge is -2.43. The van der Waals surface area contributed by atoms with Gasteiger partial charge in [-0.05, 0) is 62.3 Å². The highest BCUT2D eigenvalue weighted by molar-refractivity contribution is 7.84. The van der Waals surface area contributed by atoms with E-state index in [9.17, 15) is 32.1 Å². The maximum absolute atomic E-state index is 13.6. The number of oxime groups is 1. The van der Waals surface area contributed by atoms with Crippen molar-refractivity contribution in [2.75, 3.05) is 5.32 Å². The zero-order chi connectivity index (χ0) is 34.1. The highest BCUT2D eigenvalue weighted by Crippen LogP contribution is 2.26. The van der Waals surface area contributed by atoms with Crippen molar-refractivity contribution in [1.29, 1.82) is 0 Å². The van der Waals surface area contributed by atoms with Crippen LogP contribution in [0.4, 0.5) is 9.93 Å². The first-order chi connectivity index (χ1) is 20.5. The molecule has 0 aliphatic carbocycles. The van der Waals surface area contributed by atoms with Crippen LogP contribution in [-0.4, -0.2) is 95.5 Å². The fraction of sp³-hybridized carbons (Fsp3) is 0.600. The molecule has 0 spiro atoms.